The van der Waals surface area contributed by atoms with Gasteiger partial charge in [-0.2, -0.15) is 0 Å². The third-order valence-corrected chi connectivity index (χ3v) is 19.3. The highest BCUT2D eigenvalue weighted by Crippen LogP contribution is 2.59. The minimum Gasteiger partial charge on any atom is -0.455 e. The summed E-state index contributed by atoms with van der Waals surface area (Å²) in [5, 5.41) is 7.96. The molecule has 0 N–H and O–H groups in total. The lowest BCUT2D eigenvalue weighted by Gasteiger charge is -2.46. The van der Waals surface area contributed by atoms with Gasteiger partial charge in [-0.25, -0.2) is 19.9 Å². The Labute approximate surface area is 523 Å². The first kappa shape index (κ1) is 51.6. The van der Waals surface area contributed by atoms with Gasteiger partial charge in [0.05, 0.1) is 28.0 Å². The molecule has 90 heavy (non-hydrogen) atoms. The van der Waals surface area contributed by atoms with Crippen LogP contribution < -0.4 is 4.90 Å². The van der Waals surface area contributed by atoms with E-state index in [1.807, 2.05) is 72.0 Å². The van der Waals surface area contributed by atoms with Crippen LogP contribution in [0.3, 0.4) is 0 Å². The zero-order chi connectivity index (χ0) is 59.3. The monoisotopic (exact) mass is 1170 g/mol. The van der Waals surface area contributed by atoms with Gasteiger partial charge in [-0.15, -0.1) is 11.3 Å². The number of nitrogens with zero attached hydrogens (tertiary/aromatic N) is 5. The minimum atomic E-state index is -0.628. The van der Waals surface area contributed by atoms with E-state index in [1.54, 1.807) is 0 Å². The fourth-order valence-corrected chi connectivity index (χ4v) is 15.3. The molecule has 0 radical (unpaired) electrons. The summed E-state index contributed by atoms with van der Waals surface area (Å²) in [4.78, 5) is 23.0. The number of para-hydroxylation sites is 3. The van der Waals surface area contributed by atoms with E-state index in [0.29, 0.717) is 17.5 Å². The molecule has 0 amide bonds. The summed E-state index contributed by atoms with van der Waals surface area (Å²) in [6.45, 7) is 0. The van der Waals surface area contributed by atoms with Gasteiger partial charge in [0.15, 0.2) is 17.5 Å². The Kier molecular flexibility index (Phi) is 11.9. The third-order valence-electron chi connectivity index (χ3n) is 18.1. The van der Waals surface area contributed by atoms with Crippen molar-refractivity contribution in [2.24, 2.45) is 0 Å². The summed E-state index contributed by atoms with van der Waals surface area (Å²) >= 11 is 1.86. The molecule has 0 atom stereocenters. The van der Waals surface area contributed by atoms with Gasteiger partial charge in [0, 0.05) is 80.6 Å². The summed E-state index contributed by atoms with van der Waals surface area (Å²) < 4.78 is 9.72. The molecule has 0 fully saturated rings. The van der Waals surface area contributed by atoms with Crippen molar-refractivity contribution in [2.45, 2.75) is 5.41 Å². The lowest BCUT2D eigenvalue weighted by molar-refractivity contribution is 0.670. The van der Waals surface area contributed by atoms with E-state index in [2.05, 4.69) is 254 Å². The number of fused-ring (bicyclic) bond motifs is 12. The Bertz CT molecular complexity index is 5530. The van der Waals surface area contributed by atoms with Gasteiger partial charge in [0.2, 0.25) is 0 Å². The molecule has 0 saturated carbocycles. The van der Waals surface area contributed by atoms with E-state index in [0.717, 1.165) is 105 Å². The summed E-state index contributed by atoms with van der Waals surface area (Å²) in [7, 11) is 0. The lowest BCUT2D eigenvalue weighted by Crippen LogP contribution is -2.37. The highest BCUT2D eigenvalue weighted by molar-refractivity contribution is 7.26. The Balaban J connectivity index is 0.858. The van der Waals surface area contributed by atoms with Crippen molar-refractivity contribution in [1.29, 1.82) is 0 Å². The van der Waals surface area contributed by atoms with E-state index in [9.17, 15) is 0 Å². The molecular weight excluding hydrogens is 1120 g/mol. The number of benzene rings is 13. The van der Waals surface area contributed by atoms with Crippen LogP contribution >= 0.6 is 11.3 Å². The topological polar surface area (TPSA) is 67.9 Å². The zero-order valence-electron chi connectivity index (χ0n) is 48.5. The first-order valence-electron chi connectivity index (χ1n) is 30.4. The van der Waals surface area contributed by atoms with Crippen LogP contribution in [0.4, 0.5) is 17.1 Å². The van der Waals surface area contributed by atoms with Crippen LogP contribution in [0.2, 0.25) is 0 Å². The molecule has 7 heteroatoms. The van der Waals surface area contributed by atoms with Crippen LogP contribution in [0, 0.1) is 0 Å². The summed E-state index contributed by atoms with van der Waals surface area (Å²) in [6, 6.07) is 111. The number of aromatic nitrogens is 4. The second-order valence-electron chi connectivity index (χ2n) is 23.2. The van der Waals surface area contributed by atoms with Crippen LogP contribution in [-0.2, 0) is 5.41 Å². The molecule has 18 rings (SSSR count). The predicted molar refractivity (Wildman–Crippen MR) is 372 cm³/mol. The van der Waals surface area contributed by atoms with Crippen molar-refractivity contribution in [3.63, 3.8) is 0 Å². The van der Waals surface area contributed by atoms with Crippen LogP contribution in [0.5, 0.6) is 0 Å². The molecule has 13 aromatic carbocycles. The molecule has 0 aliphatic carbocycles. The standard InChI is InChI=1S/C83H51N5OS/c1-6-23-52(24-7-1)77-64-44-43-62-67-49-57(42-46-75(67)90-79(62)76(64)63-35-16-19-38-71(63)84-77)65-50-61(88-72-39-20-17-36-69(72)83(59-31-12-4-13-32-59,60-33-14-5-15-34-60)70-37-18-21-40-73(70)88)51-68-66-48-56(41-45-74(66)89-78(65)68)55-29-22-30-58(47-55)82-86-80(53-25-8-2-9-26-53)85-81(87-82)54-27-10-3-11-28-54/h1-51H. The summed E-state index contributed by atoms with van der Waals surface area (Å²) in [5.74, 6) is 1.84. The highest BCUT2D eigenvalue weighted by Gasteiger charge is 2.46. The molecule has 4 aromatic heterocycles. The number of anilines is 3. The van der Waals surface area contributed by atoms with E-state index in [1.165, 1.54) is 47.8 Å². The summed E-state index contributed by atoms with van der Waals surface area (Å²) in [6.07, 6.45) is 0. The number of rotatable bonds is 9. The number of hydrogen-bond donors (Lipinski definition) is 0. The lowest BCUT2D eigenvalue weighted by atomic mass is 9.62. The smallest absolute Gasteiger partial charge is 0.164 e. The second-order valence-corrected chi connectivity index (χ2v) is 24.2. The average molecular weight is 1170 g/mol. The number of thiophene rings is 1. The fraction of sp³-hybridized carbons (Fsp3) is 0.0120. The Morgan fingerprint density at radius 1 is 0.333 bits per heavy atom. The molecule has 420 valence electrons. The molecule has 0 spiro atoms. The third kappa shape index (κ3) is 8.17. The second kappa shape index (κ2) is 20.8. The van der Waals surface area contributed by atoms with Crippen molar-refractivity contribution in [3.8, 4) is 67.7 Å². The maximum atomic E-state index is 7.25. The Hall–Kier alpha value is -11.6. The average Bonchev–Trinajstić information content (AvgIpc) is 0.844. The molecule has 0 unspecified atom stereocenters. The van der Waals surface area contributed by atoms with E-state index in [4.69, 9.17) is 24.4 Å². The number of pyridine rings is 1. The van der Waals surface area contributed by atoms with Crippen molar-refractivity contribution in [2.75, 3.05) is 4.90 Å². The zero-order valence-corrected chi connectivity index (χ0v) is 49.3. The normalized spacial score (nSPS) is 12.7. The first-order chi connectivity index (χ1) is 44.6. The van der Waals surface area contributed by atoms with Gasteiger partial charge >= 0.3 is 0 Å². The van der Waals surface area contributed by atoms with Crippen molar-refractivity contribution in [1.82, 2.24) is 19.9 Å². The van der Waals surface area contributed by atoms with Crippen LogP contribution in [-0.4, -0.2) is 19.9 Å². The molecule has 0 saturated heterocycles. The molecule has 5 heterocycles. The van der Waals surface area contributed by atoms with Crippen LogP contribution in [0.1, 0.15) is 22.3 Å². The van der Waals surface area contributed by atoms with Crippen LogP contribution in [0.15, 0.2) is 314 Å². The van der Waals surface area contributed by atoms with Crippen molar-refractivity contribution in [3.05, 3.63) is 332 Å². The molecular formula is C83H51N5OS. The van der Waals surface area contributed by atoms with E-state index in [-0.39, 0.29) is 0 Å². The molecule has 1 aliphatic heterocycles. The van der Waals surface area contributed by atoms with Gasteiger partial charge < -0.3 is 9.32 Å². The van der Waals surface area contributed by atoms with Gasteiger partial charge in [0.25, 0.3) is 0 Å². The highest BCUT2D eigenvalue weighted by atomic mass is 32.1. The molecule has 6 nitrogen and oxygen atoms in total. The van der Waals surface area contributed by atoms with Gasteiger partial charge in [0.1, 0.15) is 11.2 Å². The maximum Gasteiger partial charge on any atom is 0.164 e. The predicted octanol–water partition coefficient (Wildman–Crippen LogP) is 22.0. The van der Waals surface area contributed by atoms with Gasteiger partial charge in [-0.05, 0) is 99.6 Å². The van der Waals surface area contributed by atoms with E-state index < -0.39 is 5.41 Å². The van der Waals surface area contributed by atoms with Gasteiger partial charge in [-0.1, -0.05) is 249 Å². The first-order valence-corrected chi connectivity index (χ1v) is 31.2. The molecule has 17 aromatic rings. The minimum absolute atomic E-state index is 0.602. The quantitative estimate of drug-likeness (QED) is 0.134. The largest absolute Gasteiger partial charge is 0.455 e. The summed E-state index contributed by atoms with van der Waals surface area (Å²) in [5.41, 5.74) is 19.0. The van der Waals surface area contributed by atoms with Crippen molar-refractivity contribution >= 4 is 92.2 Å². The van der Waals surface area contributed by atoms with E-state index >= 15 is 0 Å². The Morgan fingerprint density at radius 3 is 1.52 bits per heavy atom. The van der Waals surface area contributed by atoms with Crippen LogP contribution in [0.25, 0.3) is 131 Å². The molecule has 0 bridgehead atoms. The Morgan fingerprint density at radius 2 is 0.856 bits per heavy atom. The number of furan rings is 1. The SMILES string of the molecule is c1ccc(-c2nc(-c3ccccc3)nc(-c3cccc(-c4ccc5oc6c(-c7ccc8sc9c(ccc%10c(-c%11ccccc%11)nc%11ccccc%11c%109)c8c7)cc(N7c8ccccc8C(c8ccccc8)(c8ccccc8)c8ccccc87)cc6c5c4)c3)n2)cc1. The molecule has 1 aliphatic rings. The maximum absolute atomic E-state index is 7.25. The number of hydrogen-bond acceptors (Lipinski definition) is 7. The van der Waals surface area contributed by atoms with Gasteiger partial charge in [-0.3, -0.25) is 0 Å². The van der Waals surface area contributed by atoms with Crippen molar-refractivity contribution < 1.29 is 4.42 Å². The fourth-order valence-electron chi connectivity index (χ4n) is 14.1.